The largest absolute Gasteiger partial charge is 0.396 e. The van der Waals surface area contributed by atoms with Gasteiger partial charge in [0.1, 0.15) is 11.6 Å². The first-order valence-corrected chi connectivity index (χ1v) is 6.44. The second kappa shape index (κ2) is 5.37. The van der Waals surface area contributed by atoms with Crippen LogP contribution in [0.4, 0.5) is 5.82 Å². The molecule has 6 heteroatoms. The summed E-state index contributed by atoms with van der Waals surface area (Å²) < 4.78 is 0. The van der Waals surface area contributed by atoms with Crippen molar-refractivity contribution in [2.45, 2.75) is 19.9 Å². The topological polar surface area (TPSA) is 75.3 Å². The maximum absolute atomic E-state index is 8.86. The summed E-state index contributed by atoms with van der Waals surface area (Å²) in [6, 6.07) is 0. The number of aromatic nitrogens is 2. The molecule has 17 heavy (non-hydrogen) atoms. The van der Waals surface area contributed by atoms with Gasteiger partial charge in [-0.25, -0.2) is 9.97 Å². The highest BCUT2D eigenvalue weighted by molar-refractivity contribution is 8.03. The standard InChI is InChI=1S/C11H16N4OS/c1-8-13-4-9(11(12)14-8)5-15-6-10(2-3-16)17-7-15/h4,6,16H,2-3,5,7H2,1H3,(H2,12,13,14). The third-order valence-electron chi connectivity index (χ3n) is 2.49. The Morgan fingerprint density at radius 1 is 1.59 bits per heavy atom. The zero-order chi connectivity index (χ0) is 12.3. The number of hydrogen-bond acceptors (Lipinski definition) is 6. The van der Waals surface area contributed by atoms with Gasteiger partial charge in [0, 0.05) is 42.4 Å². The minimum Gasteiger partial charge on any atom is -0.396 e. The van der Waals surface area contributed by atoms with Crippen LogP contribution in [0.3, 0.4) is 0 Å². The molecule has 0 unspecified atom stereocenters. The minimum atomic E-state index is 0.197. The molecule has 5 nitrogen and oxygen atoms in total. The van der Waals surface area contributed by atoms with Crippen molar-refractivity contribution in [1.29, 1.82) is 0 Å². The van der Waals surface area contributed by atoms with Crippen molar-refractivity contribution in [3.63, 3.8) is 0 Å². The molecule has 0 atom stereocenters. The molecule has 1 aliphatic rings. The fourth-order valence-electron chi connectivity index (χ4n) is 1.64. The molecular formula is C11H16N4OS. The summed E-state index contributed by atoms with van der Waals surface area (Å²) in [7, 11) is 0. The van der Waals surface area contributed by atoms with Gasteiger partial charge in [-0.2, -0.15) is 0 Å². The van der Waals surface area contributed by atoms with Crippen molar-refractivity contribution in [1.82, 2.24) is 14.9 Å². The summed E-state index contributed by atoms with van der Waals surface area (Å²) in [5.41, 5.74) is 6.79. The molecule has 92 valence electrons. The number of nitrogens with two attached hydrogens (primary N) is 1. The molecule has 0 aromatic carbocycles. The first-order valence-electron chi connectivity index (χ1n) is 5.45. The Kier molecular flexibility index (Phi) is 3.86. The van der Waals surface area contributed by atoms with E-state index in [-0.39, 0.29) is 6.61 Å². The lowest BCUT2D eigenvalue weighted by Gasteiger charge is -2.15. The third-order valence-corrected chi connectivity index (χ3v) is 3.63. The maximum atomic E-state index is 8.86. The Morgan fingerprint density at radius 2 is 2.41 bits per heavy atom. The van der Waals surface area contributed by atoms with E-state index in [1.165, 1.54) is 4.91 Å². The fraction of sp³-hybridized carbons (Fsp3) is 0.455. The molecule has 2 rings (SSSR count). The third kappa shape index (κ3) is 3.10. The first-order chi connectivity index (χ1) is 8.19. The summed E-state index contributed by atoms with van der Waals surface area (Å²) in [5, 5.41) is 8.86. The molecule has 0 bridgehead atoms. The normalized spacial score (nSPS) is 15.2. The average Bonchev–Trinajstić information content (AvgIpc) is 2.71. The van der Waals surface area contributed by atoms with Gasteiger partial charge in [0.25, 0.3) is 0 Å². The van der Waals surface area contributed by atoms with E-state index in [4.69, 9.17) is 10.8 Å². The van der Waals surface area contributed by atoms with Gasteiger partial charge in [-0.15, -0.1) is 11.8 Å². The summed E-state index contributed by atoms with van der Waals surface area (Å²) in [6.07, 6.45) is 4.57. The highest BCUT2D eigenvalue weighted by Gasteiger charge is 2.14. The number of aliphatic hydroxyl groups excluding tert-OH is 1. The number of thioether (sulfide) groups is 1. The van der Waals surface area contributed by atoms with Crippen LogP contribution in [0.2, 0.25) is 0 Å². The van der Waals surface area contributed by atoms with E-state index in [9.17, 15) is 0 Å². The highest BCUT2D eigenvalue weighted by atomic mass is 32.2. The molecule has 0 fully saturated rings. The quantitative estimate of drug-likeness (QED) is 0.835. The molecule has 1 aromatic rings. The van der Waals surface area contributed by atoms with Crippen molar-refractivity contribution in [2.24, 2.45) is 0 Å². The van der Waals surface area contributed by atoms with Crippen molar-refractivity contribution in [3.05, 3.63) is 28.7 Å². The molecule has 0 aliphatic carbocycles. The Hall–Kier alpha value is -1.27. The van der Waals surface area contributed by atoms with E-state index in [0.717, 1.165) is 17.9 Å². The molecule has 0 saturated carbocycles. The van der Waals surface area contributed by atoms with Gasteiger partial charge in [-0.05, 0) is 6.92 Å². The van der Waals surface area contributed by atoms with Gasteiger partial charge < -0.3 is 15.7 Å². The van der Waals surface area contributed by atoms with Gasteiger partial charge in [0.15, 0.2) is 0 Å². The van der Waals surface area contributed by atoms with Gasteiger partial charge in [-0.1, -0.05) is 0 Å². The van der Waals surface area contributed by atoms with Crippen LogP contribution in [0.25, 0.3) is 0 Å². The summed E-state index contributed by atoms with van der Waals surface area (Å²) in [4.78, 5) is 11.7. The van der Waals surface area contributed by atoms with Crippen LogP contribution in [-0.2, 0) is 6.54 Å². The lowest BCUT2D eigenvalue weighted by molar-refractivity contribution is 0.301. The fourth-order valence-corrected chi connectivity index (χ4v) is 2.59. The number of nitrogen functional groups attached to an aromatic ring is 1. The summed E-state index contributed by atoms with van der Waals surface area (Å²) in [5.74, 6) is 2.13. The van der Waals surface area contributed by atoms with E-state index < -0.39 is 0 Å². The smallest absolute Gasteiger partial charge is 0.132 e. The van der Waals surface area contributed by atoms with Crippen molar-refractivity contribution in [3.8, 4) is 0 Å². The Balaban J connectivity index is 2.02. The van der Waals surface area contributed by atoms with Gasteiger partial charge >= 0.3 is 0 Å². The SMILES string of the molecule is Cc1ncc(CN2C=C(CCO)SC2)c(N)n1. The molecule has 1 aromatic heterocycles. The zero-order valence-electron chi connectivity index (χ0n) is 9.76. The number of anilines is 1. The second-order valence-electron chi connectivity index (χ2n) is 3.92. The van der Waals surface area contributed by atoms with E-state index >= 15 is 0 Å². The van der Waals surface area contributed by atoms with Gasteiger partial charge in [-0.3, -0.25) is 0 Å². The van der Waals surface area contributed by atoms with Crippen LogP contribution in [0.1, 0.15) is 17.8 Å². The molecule has 1 aliphatic heterocycles. The molecule has 0 radical (unpaired) electrons. The van der Waals surface area contributed by atoms with Crippen molar-refractivity contribution < 1.29 is 5.11 Å². The lowest BCUT2D eigenvalue weighted by atomic mass is 10.3. The van der Waals surface area contributed by atoms with Crippen LogP contribution in [0.15, 0.2) is 17.3 Å². The van der Waals surface area contributed by atoms with Crippen molar-refractivity contribution in [2.75, 3.05) is 18.2 Å². The van der Waals surface area contributed by atoms with Gasteiger partial charge in [0.05, 0.1) is 5.88 Å². The highest BCUT2D eigenvalue weighted by Crippen LogP contribution is 2.29. The second-order valence-corrected chi connectivity index (χ2v) is 4.99. The Bertz CT molecular complexity index is 435. The Labute approximate surface area is 105 Å². The monoisotopic (exact) mass is 252 g/mol. The van der Waals surface area contributed by atoms with Gasteiger partial charge in [0.2, 0.25) is 0 Å². The average molecular weight is 252 g/mol. The summed E-state index contributed by atoms with van der Waals surface area (Å²) >= 11 is 1.75. The first kappa shape index (κ1) is 12.2. The van der Waals surface area contributed by atoms with Crippen LogP contribution in [0.5, 0.6) is 0 Å². The molecule has 0 saturated heterocycles. The molecular weight excluding hydrogens is 236 g/mol. The molecule has 0 spiro atoms. The zero-order valence-corrected chi connectivity index (χ0v) is 10.6. The molecule has 2 heterocycles. The maximum Gasteiger partial charge on any atom is 0.132 e. The van der Waals surface area contributed by atoms with Crippen LogP contribution >= 0.6 is 11.8 Å². The minimum absolute atomic E-state index is 0.197. The number of hydrogen-bond donors (Lipinski definition) is 2. The van der Waals surface area contributed by atoms with Crippen LogP contribution < -0.4 is 5.73 Å². The number of aliphatic hydroxyl groups is 1. The number of rotatable bonds is 4. The van der Waals surface area contributed by atoms with Crippen molar-refractivity contribution >= 4 is 17.6 Å². The van der Waals surface area contributed by atoms with E-state index in [1.54, 1.807) is 18.0 Å². The van der Waals surface area contributed by atoms with E-state index in [1.807, 2.05) is 6.92 Å². The van der Waals surface area contributed by atoms with Crippen LogP contribution in [0, 0.1) is 6.92 Å². The van der Waals surface area contributed by atoms with E-state index in [0.29, 0.717) is 18.2 Å². The van der Waals surface area contributed by atoms with Crippen LogP contribution in [-0.4, -0.2) is 32.5 Å². The van der Waals surface area contributed by atoms with E-state index in [2.05, 4.69) is 21.1 Å². The number of aryl methyl sites for hydroxylation is 1. The predicted molar refractivity (Wildman–Crippen MR) is 69.0 cm³/mol. The predicted octanol–water partition coefficient (Wildman–Crippen LogP) is 1.10. The lowest BCUT2D eigenvalue weighted by Crippen LogP contribution is -2.15. The number of nitrogens with zero attached hydrogens (tertiary/aromatic N) is 3. The summed E-state index contributed by atoms with van der Waals surface area (Å²) in [6.45, 7) is 2.74. The Morgan fingerprint density at radius 3 is 3.12 bits per heavy atom. The molecule has 3 N–H and O–H groups in total. The molecule has 0 amide bonds.